The smallest absolute Gasteiger partial charge is 0.272 e. The van der Waals surface area contributed by atoms with Crippen LogP contribution in [0.1, 0.15) is 36.7 Å². The van der Waals surface area contributed by atoms with Crippen LogP contribution >= 0.6 is 0 Å². The highest BCUT2D eigenvalue weighted by molar-refractivity contribution is 5.97. The summed E-state index contributed by atoms with van der Waals surface area (Å²) in [6.07, 6.45) is 7.13. The number of ether oxygens (including phenoxy) is 1. The quantitative estimate of drug-likeness (QED) is 0.827. The van der Waals surface area contributed by atoms with Gasteiger partial charge in [0, 0.05) is 31.4 Å². The van der Waals surface area contributed by atoms with Gasteiger partial charge in [-0.3, -0.25) is 19.3 Å². The van der Waals surface area contributed by atoms with E-state index in [1.54, 1.807) is 40.3 Å². The van der Waals surface area contributed by atoms with E-state index >= 15 is 0 Å². The topological polar surface area (TPSA) is 89.3 Å². The fourth-order valence-electron chi connectivity index (χ4n) is 3.40. The Hall–Kier alpha value is -2.90. The lowest BCUT2D eigenvalue weighted by molar-refractivity contribution is -0.125. The monoisotopic (exact) mass is 369 g/mol. The van der Waals surface area contributed by atoms with Crippen molar-refractivity contribution >= 4 is 11.8 Å². The van der Waals surface area contributed by atoms with Crippen LogP contribution in [0.25, 0.3) is 0 Å². The van der Waals surface area contributed by atoms with E-state index in [4.69, 9.17) is 4.74 Å². The van der Waals surface area contributed by atoms with E-state index in [1.165, 1.54) is 0 Å². The maximum absolute atomic E-state index is 13.1. The van der Waals surface area contributed by atoms with Crippen LogP contribution in [0.4, 0.5) is 0 Å². The molecule has 2 amide bonds. The van der Waals surface area contributed by atoms with Crippen LogP contribution in [-0.4, -0.2) is 56.2 Å². The molecule has 1 N–H and O–H groups in total. The molecule has 1 aliphatic heterocycles. The predicted molar refractivity (Wildman–Crippen MR) is 97.2 cm³/mol. The Morgan fingerprint density at radius 1 is 1.30 bits per heavy atom. The first-order chi connectivity index (χ1) is 13.2. The zero-order valence-electron chi connectivity index (χ0n) is 15.2. The van der Waals surface area contributed by atoms with Crippen molar-refractivity contribution < 1.29 is 14.3 Å². The number of amides is 2. The average molecular weight is 369 g/mol. The minimum Gasteiger partial charge on any atom is -0.487 e. The number of carbonyl (C=O) groups is 2. The number of carbonyl (C=O) groups excluding carboxylic acids is 2. The molecular weight excluding hydrogens is 346 g/mol. The third-order valence-electron chi connectivity index (χ3n) is 4.92. The van der Waals surface area contributed by atoms with E-state index in [-0.39, 0.29) is 24.0 Å². The van der Waals surface area contributed by atoms with Gasteiger partial charge in [0.05, 0.1) is 12.7 Å². The molecule has 142 valence electrons. The minimum absolute atomic E-state index is 0.106. The summed E-state index contributed by atoms with van der Waals surface area (Å²) >= 11 is 0. The Bertz CT molecular complexity index is 818. The Kier molecular flexibility index (Phi) is 4.79. The van der Waals surface area contributed by atoms with Crippen LogP contribution in [-0.2, 0) is 11.3 Å². The van der Waals surface area contributed by atoms with Crippen molar-refractivity contribution in [2.45, 2.75) is 50.9 Å². The third kappa shape index (κ3) is 3.79. The molecule has 8 heteroatoms. The maximum atomic E-state index is 13.1. The molecule has 0 unspecified atom stereocenters. The van der Waals surface area contributed by atoms with E-state index in [0.717, 1.165) is 12.8 Å². The lowest BCUT2D eigenvalue weighted by Crippen LogP contribution is -2.47. The Morgan fingerprint density at radius 2 is 2.15 bits per heavy atom. The second-order valence-corrected chi connectivity index (χ2v) is 6.95. The molecular formula is C19H23N5O3. The number of nitrogens with one attached hydrogen (secondary N) is 1. The van der Waals surface area contributed by atoms with E-state index in [2.05, 4.69) is 15.4 Å². The molecule has 0 bridgehead atoms. The molecule has 2 atom stereocenters. The van der Waals surface area contributed by atoms with Crippen LogP contribution in [0.2, 0.25) is 0 Å². The number of likely N-dealkylation sites (tertiary alicyclic amines) is 1. The average Bonchev–Trinajstić information content (AvgIpc) is 3.21. The number of aryl methyl sites for hydroxylation is 1. The zero-order chi connectivity index (χ0) is 18.8. The van der Waals surface area contributed by atoms with Crippen LogP contribution < -0.4 is 10.1 Å². The molecule has 2 aliphatic rings. The molecule has 2 fully saturated rings. The minimum atomic E-state index is -0.542. The van der Waals surface area contributed by atoms with Crippen molar-refractivity contribution in [1.82, 2.24) is 25.0 Å². The Labute approximate surface area is 157 Å². The highest BCUT2D eigenvalue weighted by Gasteiger charge is 2.43. The molecule has 2 aromatic rings. The summed E-state index contributed by atoms with van der Waals surface area (Å²) in [5.74, 6) is 0.338. The lowest BCUT2D eigenvalue weighted by Gasteiger charge is -2.23. The number of hydrogen-bond donors (Lipinski definition) is 1. The Balaban J connectivity index is 1.53. The van der Waals surface area contributed by atoms with Gasteiger partial charge in [0.15, 0.2) is 0 Å². The first kappa shape index (κ1) is 17.5. The summed E-state index contributed by atoms with van der Waals surface area (Å²) < 4.78 is 7.62. The first-order valence-corrected chi connectivity index (χ1v) is 9.35. The predicted octanol–water partition coefficient (Wildman–Crippen LogP) is 1.24. The fraction of sp³-hybridized carbons (Fsp3) is 0.474. The summed E-state index contributed by atoms with van der Waals surface area (Å²) in [5.41, 5.74) is 0.490. The maximum Gasteiger partial charge on any atom is 0.272 e. The van der Waals surface area contributed by atoms with Crippen molar-refractivity contribution in [3.8, 4) is 5.75 Å². The SMILES string of the molecule is CCn1nccc1C(=O)N1C[C@@H](Oc2cccnc2)C[C@H]1C(=O)NC1CC1. The van der Waals surface area contributed by atoms with Gasteiger partial charge in [0.2, 0.25) is 5.91 Å². The standard InChI is InChI=1S/C19H23N5O3/c1-2-24-16(7-9-21-24)19(26)23-12-15(27-14-4-3-8-20-11-14)10-17(23)18(25)22-13-5-6-13/h3-4,7-9,11,13,15,17H,2,5-6,10,12H2,1H3,(H,22,25)/t15-,17-/m0/s1. The number of nitrogens with zero attached hydrogens (tertiary/aromatic N) is 4. The van der Waals surface area contributed by atoms with E-state index in [1.807, 2.05) is 13.0 Å². The summed E-state index contributed by atoms with van der Waals surface area (Å²) in [5, 5.41) is 7.19. The van der Waals surface area contributed by atoms with Gasteiger partial charge >= 0.3 is 0 Å². The molecule has 27 heavy (non-hydrogen) atoms. The highest BCUT2D eigenvalue weighted by Crippen LogP contribution is 2.26. The summed E-state index contributed by atoms with van der Waals surface area (Å²) in [6.45, 7) is 2.88. The van der Waals surface area contributed by atoms with E-state index in [9.17, 15) is 9.59 Å². The van der Waals surface area contributed by atoms with Crippen molar-refractivity contribution in [3.63, 3.8) is 0 Å². The van der Waals surface area contributed by atoms with Gasteiger partial charge in [-0.25, -0.2) is 0 Å². The largest absolute Gasteiger partial charge is 0.487 e. The zero-order valence-corrected chi connectivity index (χ0v) is 15.2. The molecule has 0 aromatic carbocycles. The van der Waals surface area contributed by atoms with Crippen LogP contribution in [0.3, 0.4) is 0 Å². The van der Waals surface area contributed by atoms with E-state index in [0.29, 0.717) is 31.0 Å². The number of hydrogen-bond acceptors (Lipinski definition) is 5. The molecule has 1 aliphatic carbocycles. The molecule has 8 nitrogen and oxygen atoms in total. The van der Waals surface area contributed by atoms with Crippen molar-refractivity contribution in [2.24, 2.45) is 0 Å². The Morgan fingerprint density at radius 3 is 2.85 bits per heavy atom. The second-order valence-electron chi connectivity index (χ2n) is 6.95. The third-order valence-corrected chi connectivity index (χ3v) is 4.92. The van der Waals surface area contributed by atoms with Crippen LogP contribution in [0, 0.1) is 0 Å². The van der Waals surface area contributed by atoms with Gasteiger partial charge in [-0.05, 0) is 38.0 Å². The number of rotatable bonds is 6. The van der Waals surface area contributed by atoms with Gasteiger partial charge < -0.3 is 15.0 Å². The van der Waals surface area contributed by atoms with Crippen molar-refractivity contribution in [2.75, 3.05) is 6.54 Å². The molecule has 0 spiro atoms. The van der Waals surface area contributed by atoms with Crippen LogP contribution in [0.5, 0.6) is 5.75 Å². The first-order valence-electron chi connectivity index (χ1n) is 9.35. The normalized spacial score (nSPS) is 21.9. The molecule has 1 saturated carbocycles. The summed E-state index contributed by atoms with van der Waals surface area (Å²) in [7, 11) is 0. The van der Waals surface area contributed by atoms with Crippen LogP contribution in [0.15, 0.2) is 36.8 Å². The van der Waals surface area contributed by atoms with E-state index < -0.39 is 6.04 Å². The molecule has 2 aromatic heterocycles. The molecule has 1 saturated heterocycles. The highest BCUT2D eigenvalue weighted by atomic mass is 16.5. The lowest BCUT2D eigenvalue weighted by atomic mass is 10.1. The molecule has 3 heterocycles. The summed E-state index contributed by atoms with van der Waals surface area (Å²) in [4.78, 5) is 31.5. The number of aromatic nitrogens is 3. The summed E-state index contributed by atoms with van der Waals surface area (Å²) in [6, 6.07) is 5.01. The molecule has 0 radical (unpaired) electrons. The number of pyridine rings is 1. The second kappa shape index (κ2) is 7.38. The molecule has 4 rings (SSSR count). The van der Waals surface area contributed by atoms with Crippen molar-refractivity contribution in [1.29, 1.82) is 0 Å². The van der Waals surface area contributed by atoms with Gasteiger partial charge in [0.1, 0.15) is 23.6 Å². The van der Waals surface area contributed by atoms with Crippen molar-refractivity contribution in [3.05, 3.63) is 42.5 Å². The fourth-order valence-corrected chi connectivity index (χ4v) is 3.40. The van der Waals surface area contributed by atoms with Gasteiger partial charge in [0.25, 0.3) is 5.91 Å². The van der Waals surface area contributed by atoms with Gasteiger partial charge in [-0.1, -0.05) is 0 Å². The van der Waals surface area contributed by atoms with Gasteiger partial charge in [-0.15, -0.1) is 0 Å². The van der Waals surface area contributed by atoms with Gasteiger partial charge in [-0.2, -0.15) is 5.10 Å².